The van der Waals surface area contributed by atoms with Crippen molar-refractivity contribution < 1.29 is 14.2 Å². The van der Waals surface area contributed by atoms with Crippen LogP contribution < -0.4 is 0 Å². The minimum Gasteiger partial charge on any atom is -0.493 e. The Kier molecular flexibility index (Phi) is 6.05. The molecule has 110 valence electrons. The van der Waals surface area contributed by atoms with Gasteiger partial charge in [0.05, 0.1) is 0 Å². The van der Waals surface area contributed by atoms with E-state index in [-0.39, 0.29) is 18.4 Å². The predicted molar refractivity (Wildman–Crippen MR) is 80.7 cm³/mol. The first-order chi connectivity index (χ1) is 10.3. The van der Waals surface area contributed by atoms with Crippen molar-refractivity contribution in [2.75, 3.05) is 6.61 Å². The molecular weight excluding hydrogens is 267 g/mol. The summed E-state index contributed by atoms with van der Waals surface area (Å²) in [5.74, 6) is 6.18. The van der Waals surface area contributed by atoms with Gasteiger partial charge >= 0.3 is 0 Å². The summed E-state index contributed by atoms with van der Waals surface area (Å²) in [5, 5.41) is 8.63. The fraction of sp³-hybridized carbons (Fsp3) is 0.333. The highest BCUT2D eigenvalue weighted by Crippen LogP contribution is 2.30. The number of aliphatic hydroxyl groups excluding tert-OH is 1. The highest BCUT2D eigenvalue weighted by molar-refractivity contribution is 5.21. The molecule has 0 spiro atoms. The van der Waals surface area contributed by atoms with Gasteiger partial charge in [0.2, 0.25) is 0 Å². The SMILES string of the molecule is OCC#CCC[C@@H]1CC(F)=CC=C1OCc1ccccc1. The molecule has 0 saturated heterocycles. The third kappa shape index (κ3) is 5.09. The number of allylic oxidation sites excluding steroid dienone is 4. The molecule has 1 aromatic carbocycles. The lowest BCUT2D eigenvalue weighted by molar-refractivity contribution is 0.156. The van der Waals surface area contributed by atoms with E-state index in [1.165, 1.54) is 6.08 Å². The van der Waals surface area contributed by atoms with Crippen LogP contribution in [-0.2, 0) is 11.3 Å². The average molecular weight is 286 g/mol. The highest BCUT2D eigenvalue weighted by Gasteiger charge is 2.20. The van der Waals surface area contributed by atoms with Crippen LogP contribution in [0.4, 0.5) is 4.39 Å². The summed E-state index contributed by atoms with van der Waals surface area (Å²) < 4.78 is 19.3. The Morgan fingerprint density at radius 3 is 2.76 bits per heavy atom. The smallest absolute Gasteiger partial charge is 0.113 e. The van der Waals surface area contributed by atoms with E-state index in [4.69, 9.17) is 9.84 Å². The molecule has 1 atom stereocenters. The molecule has 3 heteroatoms. The van der Waals surface area contributed by atoms with Crippen LogP contribution in [0.2, 0.25) is 0 Å². The van der Waals surface area contributed by atoms with Crippen LogP contribution in [0.3, 0.4) is 0 Å². The zero-order chi connectivity index (χ0) is 14.9. The van der Waals surface area contributed by atoms with Crippen LogP contribution >= 0.6 is 0 Å². The van der Waals surface area contributed by atoms with Crippen LogP contribution in [0.25, 0.3) is 0 Å². The maximum absolute atomic E-state index is 13.4. The van der Waals surface area contributed by atoms with Gasteiger partial charge in [0.15, 0.2) is 0 Å². The molecule has 0 amide bonds. The van der Waals surface area contributed by atoms with Crippen molar-refractivity contribution in [2.45, 2.75) is 25.9 Å². The van der Waals surface area contributed by atoms with Gasteiger partial charge in [-0.1, -0.05) is 36.3 Å². The fourth-order valence-corrected chi connectivity index (χ4v) is 2.25. The Labute approximate surface area is 124 Å². The summed E-state index contributed by atoms with van der Waals surface area (Å²) in [7, 11) is 0. The van der Waals surface area contributed by atoms with E-state index in [2.05, 4.69) is 11.8 Å². The Morgan fingerprint density at radius 1 is 1.19 bits per heavy atom. The third-order valence-electron chi connectivity index (χ3n) is 3.34. The summed E-state index contributed by atoms with van der Waals surface area (Å²) in [6, 6.07) is 9.90. The highest BCUT2D eigenvalue weighted by atomic mass is 19.1. The lowest BCUT2D eigenvalue weighted by atomic mass is 9.93. The predicted octanol–water partition coefficient (Wildman–Crippen LogP) is 3.74. The van der Waals surface area contributed by atoms with Gasteiger partial charge in [0, 0.05) is 18.8 Å². The summed E-state index contributed by atoms with van der Waals surface area (Å²) in [6.07, 6.45) is 4.91. The molecule has 1 N–H and O–H groups in total. The van der Waals surface area contributed by atoms with Crippen molar-refractivity contribution in [1.82, 2.24) is 0 Å². The molecule has 1 aliphatic rings. The molecule has 0 aromatic heterocycles. The van der Waals surface area contributed by atoms with Crippen LogP contribution in [0.15, 0.2) is 54.1 Å². The average Bonchev–Trinajstić information content (AvgIpc) is 2.52. The van der Waals surface area contributed by atoms with Crippen LogP contribution in [-0.4, -0.2) is 11.7 Å². The van der Waals surface area contributed by atoms with Crippen LogP contribution in [0, 0.1) is 17.8 Å². The van der Waals surface area contributed by atoms with Gasteiger partial charge in [-0.05, 0) is 24.1 Å². The maximum Gasteiger partial charge on any atom is 0.113 e. The van der Waals surface area contributed by atoms with Gasteiger partial charge in [-0.3, -0.25) is 0 Å². The fourth-order valence-electron chi connectivity index (χ4n) is 2.25. The van der Waals surface area contributed by atoms with Gasteiger partial charge in [-0.25, -0.2) is 4.39 Å². The number of ether oxygens (including phenoxy) is 1. The lowest BCUT2D eigenvalue weighted by Crippen LogP contribution is -2.11. The first kappa shape index (κ1) is 15.3. The zero-order valence-electron chi connectivity index (χ0n) is 11.9. The molecule has 0 saturated carbocycles. The van der Waals surface area contributed by atoms with Crippen molar-refractivity contribution in [3.05, 3.63) is 59.6 Å². The van der Waals surface area contributed by atoms with Gasteiger partial charge in [0.25, 0.3) is 0 Å². The van der Waals surface area contributed by atoms with Crippen LogP contribution in [0.1, 0.15) is 24.8 Å². The van der Waals surface area contributed by atoms with Gasteiger partial charge < -0.3 is 9.84 Å². The molecule has 0 fully saturated rings. The van der Waals surface area contributed by atoms with E-state index in [9.17, 15) is 4.39 Å². The van der Waals surface area contributed by atoms with Crippen molar-refractivity contribution in [1.29, 1.82) is 0 Å². The quantitative estimate of drug-likeness (QED) is 0.836. The van der Waals surface area contributed by atoms with E-state index in [0.29, 0.717) is 19.4 Å². The van der Waals surface area contributed by atoms with Crippen molar-refractivity contribution >= 4 is 0 Å². The molecule has 2 nitrogen and oxygen atoms in total. The van der Waals surface area contributed by atoms with Crippen molar-refractivity contribution in [2.24, 2.45) is 5.92 Å². The molecule has 1 aromatic rings. The second-order valence-electron chi connectivity index (χ2n) is 4.91. The lowest BCUT2D eigenvalue weighted by Gasteiger charge is -2.22. The van der Waals surface area contributed by atoms with E-state index >= 15 is 0 Å². The molecule has 0 radical (unpaired) electrons. The number of rotatable bonds is 5. The third-order valence-corrected chi connectivity index (χ3v) is 3.34. The van der Waals surface area contributed by atoms with E-state index < -0.39 is 0 Å². The summed E-state index contributed by atoms with van der Waals surface area (Å²) in [4.78, 5) is 0. The standard InChI is InChI=1S/C18H19FO2/c19-17-10-11-18(16(13-17)9-5-2-6-12-20)21-14-15-7-3-1-4-8-15/h1,3-4,7-8,10-11,16,20H,5,9,12-14H2/t16-/m1/s1. The first-order valence-corrected chi connectivity index (χ1v) is 7.09. The number of hydrogen-bond acceptors (Lipinski definition) is 2. The van der Waals surface area contributed by atoms with E-state index in [0.717, 1.165) is 17.7 Å². The van der Waals surface area contributed by atoms with Gasteiger partial charge in [0.1, 0.15) is 24.8 Å². The largest absolute Gasteiger partial charge is 0.493 e. The van der Waals surface area contributed by atoms with Crippen molar-refractivity contribution in [3.8, 4) is 11.8 Å². The normalized spacial score (nSPS) is 17.3. The second-order valence-corrected chi connectivity index (χ2v) is 4.91. The zero-order valence-corrected chi connectivity index (χ0v) is 11.9. The molecule has 0 unspecified atom stereocenters. The molecule has 21 heavy (non-hydrogen) atoms. The first-order valence-electron chi connectivity index (χ1n) is 7.09. The number of hydrogen-bond donors (Lipinski definition) is 1. The monoisotopic (exact) mass is 286 g/mol. The summed E-state index contributed by atoms with van der Waals surface area (Å²) in [6.45, 7) is 0.354. The van der Waals surface area contributed by atoms with Crippen LogP contribution in [0.5, 0.6) is 0 Å². The van der Waals surface area contributed by atoms with E-state index in [1.54, 1.807) is 6.08 Å². The van der Waals surface area contributed by atoms with Gasteiger partial charge in [-0.15, -0.1) is 5.92 Å². The molecule has 2 rings (SSSR count). The van der Waals surface area contributed by atoms with E-state index in [1.807, 2.05) is 30.3 Å². The Balaban J connectivity index is 1.93. The topological polar surface area (TPSA) is 29.5 Å². The number of benzene rings is 1. The molecule has 1 aliphatic carbocycles. The number of halogens is 1. The minimum atomic E-state index is -0.133. The summed E-state index contributed by atoms with van der Waals surface area (Å²) >= 11 is 0. The number of aliphatic hydroxyl groups is 1. The second kappa shape index (κ2) is 8.28. The summed E-state index contributed by atoms with van der Waals surface area (Å²) in [5.41, 5.74) is 1.09. The Bertz CT molecular complexity index is 564. The van der Waals surface area contributed by atoms with Gasteiger partial charge in [-0.2, -0.15) is 0 Å². The van der Waals surface area contributed by atoms with Crippen molar-refractivity contribution in [3.63, 3.8) is 0 Å². The molecule has 0 aliphatic heterocycles. The Hall–Kier alpha value is -2.05. The molecule has 0 heterocycles. The maximum atomic E-state index is 13.4. The molecular formula is C18H19FO2. The molecule has 0 bridgehead atoms. The minimum absolute atomic E-state index is 0.0201. The Morgan fingerprint density at radius 2 is 2.00 bits per heavy atom.